The molecule has 2 fully saturated rings. The van der Waals surface area contributed by atoms with Crippen molar-refractivity contribution in [3.8, 4) is 0 Å². The van der Waals surface area contributed by atoms with Crippen LogP contribution in [0.15, 0.2) is 24.3 Å². The second-order valence-electron chi connectivity index (χ2n) is 6.28. The Hall–Kier alpha value is -0.810. The van der Waals surface area contributed by atoms with Gasteiger partial charge in [-0.25, -0.2) is 0 Å². The molecule has 1 amide bonds. The summed E-state index contributed by atoms with van der Waals surface area (Å²) in [5, 5.41) is 6.27. The quantitative estimate of drug-likeness (QED) is 0.847. The zero-order valence-corrected chi connectivity index (χ0v) is 15.2. The predicted molar refractivity (Wildman–Crippen MR) is 99.8 cm³/mol. The maximum atomic E-state index is 11.1. The third-order valence-electron chi connectivity index (χ3n) is 4.46. The van der Waals surface area contributed by atoms with Gasteiger partial charge >= 0.3 is 0 Å². The van der Waals surface area contributed by atoms with Gasteiger partial charge in [-0.1, -0.05) is 25.0 Å². The highest BCUT2D eigenvalue weighted by Gasteiger charge is 2.30. The molecule has 0 unspecified atom stereocenters. The summed E-state index contributed by atoms with van der Waals surface area (Å²) in [5.74, 6) is 0.902. The molecule has 1 heterocycles. The minimum atomic E-state index is -0.0145. The van der Waals surface area contributed by atoms with Gasteiger partial charge in [0.25, 0.3) is 0 Å². The Morgan fingerprint density at radius 2 is 1.83 bits per heavy atom. The number of halogens is 2. The number of carbonyl (C=O) groups is 1. The van der Waals surface area contributed by atoms with Gasteiger partial charge < -0.3 is 10.6 Å². The molecule has 0 bridgehead atoms. The van der Waals surface area contributed by atoms with Gasteiger partial charge in [-0.05, 0) is 30.0 Å². The minimum absolute atomic E-state index is 0. The van der Waals surface area contributed by atoms with E-state index in [2.05, 4.69) is 27.7 Å². The van der Waals surface area contributed by atoms with E-state index in [4.69, 9.17) is 0 Å². The first-order chi connectivity index (χ1) is 10.2. The highest BCUT2D eigenvalue weighted by Crippen LogP contribution is 2.40. The Kier molecular flexibility index (Phi) is 8.34. The number of piperazine rings is 1. The SMILES string of the molecule is CC(=O)Nc1ccc([C@@H](CC2CC2)N2CCNCC2)cc1.Cl.Cl. The van der Waals surface area contributed by atoms with Gasteiger partial charge in [0.2, 0.25) is 5.91 Å². The summed E-state index contributed by atoms with van der Waals surface area (Å²) in [6.45, 7) is 5.98. The van der Waals surface area contributed by atoms with Crippen LogP contribution in [-0.2, 0) is 4.79 Å². The van der Waals surface area contributed by atoms with Crippen LogP contribution in [0, 0.1) is 5.92 Å². The van der Waals surface area contributed by atoms with Crippen molar-refractivity contribution in [2.75, 3.05) is 31.5 Å². The smallest absolute Gasteiger partial charge is 0.221 e. The number of benzene rings is 1. The first-order valence-corrected chi connectivity index (χ1v) is 8.04. The van der Waals surface area contributed by atoms with Crippen LogP contribution >= 0.6 is 24.8 Å². The van der Waals surface area contributed by atoms with Crippen molar-refractivity contribution in [1.29, 1.82) is 0 Å². The number of hydrogen-bond acceptors (Lipinski definition) is 3. The summed E-state index contributed by atoms with van der Waals surface area (Å²) in [6.07, 6.45) is 4.07. The highest BCUT2D eigenvalue weighted by molar-refractivity contribution is 5.88. The van der Waals surface area contributed by atoms with Crippen LogP contribution in [0.4, 0.5) is 5.69 Å². The van der Waals surface area contributed by atoms with Crippen LogP contribution in [0.5, 0.6) is 0 Å². The summed E-state index contributed by atoms with van der Waals surface area (Å²) < 4.78 is 0. The molecule has 2 aliphatic rings. The van der Waals surface area contributed by atoms with Gasteiger partial charge in [0.15, 0.2) is 0 Å². The number of carbonyl (C=O) groups excluding carboxylic acids is 1. The van der Waals surface area contributed by atoms with Gasteiger partial charge in [-0.15, -0.1) is 24.8 Å². The van der Waals surface area contributed by atoms with E-state index >= 15 is 0 Å². The highest BCUT2D eigenvalue weighted by atomic mass is 35.5. The summed E-state index contributed by atoms with van der Waals surface area (Å²) in [7, 11) is 0. The predicted octanol–water partition coefficient (Wildman–Crippen LogP) is 3.24. The lowest BCUT2D eigenvalue weighted by molar-refractivity contribution is -0.114. The molecule has 1 aliphatic carbocycles. The molecule has 0 spiro atoms. The Morgan fingerprint density at radius 3 is 2.35 bits per heavy atom. The molecule has 1 saturated heterocycles. The molecule has 3 rings (SSSR count). The fraction of sp³-hybridized carbons (Fsp3) is 0.588. The molecule has 1 atom stereocenters. The Labute approximate surface area is 151 Å². The molecule has 1 aromatic carbocycles. The summed E-state index contributed by atoms with van der Waals surface area (Å²) >= 11 is 0. The molecule has 0 aromatic heterocycles. The van der Waals surface area contributed by atoms with Crippen LogP contribution in [0.25, 0.3) is 0 Å². The van der Waals surface area contributed by atoms with E-state index in [9.17, 15) is 4.79 Å². The number of nitrogens with one attached hydrogen (secondary N) is 2. The van der Waals surface area contributed by atoms with E-state index in [1.54, 1.807) is 6.92 Å². The third kappa shape index (κ3) is 5.96. The van der Waals surface area contributed by atoms with E-state index in [-0.39, 0.29) is 30.7 Å². The number of hydrogen-bond donors (Lipinski definition) is 2. The van der Waals surface area contributed by atoms with Crippen molar-refractivity contribution in [2.45, 2.75) is 32.2 Å². The van der Waals surface area contributed by atoms with Crippen LogP contribution in [0.1, 0.15) is 37.8 Å². The zero-order chi connectivity index (χ0) is 14.7. The molecule has 1 aliphatic heterocycles. The number of anilines is 1. The molecule has 2 N–H and O–H groups in total. The number of rotatable bonds is 5. The average Bonchev–Trinajstić information content (AvgIpc) is 3.30. The monoisotopic (exact) mass is 359 g/mol. The van der Waals surface area contributed by atoms with E-state index in [1.165, 1.54) is 24.8 Å². The molecule has 23 heavy (non-hydrogen) atoms. The van der Waals surface area contributed by atoms with Crippen LogP contribution < -0.4 is 10.6 Å². The molecule has 1 saturated carbocycles. The first kappa shape index (κ1) is 20.2. The van der Waals surface area contributed by atoms with Crippen molar-refractivity contribution in [3.63, 3.8) is 0 Å². The zero-order valence-electron chi connectivity index (χ0n) is 13.6. The Balaban J connectivity index is 0.00000132. The maximum absolute atomic E-state index is 11.1. The van der Waals surface area contributed by atoms with Crippen LogP contribution in [0.2, 0.25) is 0 Å². The lowest BCUT2D eigenvalue weighted by Gasteiger charge is -2.35. The molecular weight excluding hydrogens is 333 g/mol. The number of nitrogens with zero attached hydrogens (tertiary/aromatic N) is 1. The van der Waals surface area contributed by atoms with Crippen molar-refractivity contribution in [2.24, 2.45) is 5.92 Å². The van der Waals surface area contributed by atoms with Crippen LogP contribution in [0.3, 0.4) is 0 Å². The van der Waals surface area contributed by atoms with Gasteiger partial charge in [-0.2, -0.15) is 0 Å². The average molecular weight is 360 g/mol. The summed E-state index contributed by atoms with van der Waals surface area (Å²) in [6, 6.07) is 8.95. The fourth-order valence-corrected chi connectivity index (χ4v) is 3.15. The van der Waals surface area contributed by atoms with Crippen LogP contribution in [-0.4, -0.2) is 37.0 Å². The lowest BCUT2D eigenvalue weighted by atomic mass is 9.98. The summed E-state index contributed by atoms with van der Waals surface area (Å²) in [5.41, 5.74) is 2.27. The maximum Gasteiger partial charge on any atom is 0.221 e. The Morgan fingerprint density at radius 1 is 1.22 bits per heavy atom. The molecule has 130 valence electrons. The topological polar surface area (TPSA) is 44.4 Å². The number of amides is 1. The normalized spacial score (nSPS) is 19.2. The van der Waals surface area contributed by atoms with Crippen molar-refractivity contribution in [1.82, 2.24) is 10.2 Å². The third-order valence-corrected chi connectivity index (χ3v) is 4.46. The summed E-state index contributed by atoms with van der Waals surface area (Å²) in [4.78, 5) is 13.7. The van der Waals surface area contributed by atoms with Gasteiger partial charge in [0.1, 0.15) is 0 Å². The van der Waals surface area contributed by atoms with E-state index < -0.39 is 0 Å². The molecule has 4 nitrogen and oxygen atoms in total. The molecular formula is C17H27Cl2N3O. The standard InChI is InChI=1S/C17H25N3O.2ClH/c1-13(21)19-16-6-4-15(5-7-16)17(12-14-2-3-14)20-10-8-18-9-11-20;;/h4-7,14,17-18H,2-3,8-12H2,1H3,(H,19,21);2*1H/t17-;;/m1../s1. The van der Waals surface area contributed by atoms with Gasteiger partial charge in [-0.3, -0.25) is 9.69 Å². The molecule has 0 radical (unpaired) electrons. The van der Waals surface area contributed by atoms with Crippen molar-refractivity contribution < 1.29 is 4.79 Å². The van der Waals surface area contributed by atoms with Gasteiger partial charge in [0, 0.05) is 44.8 Å². The van der Waals surface area contributed by atoms with Crippen molar-refractivity contribution in [3.05, 3.63) is 29.8 Å². The van der Waals surface area contributed by atoms with E-state index in [0.29, 0.717) is 6.04 Å². The Bertz CT molecular complexity index is 485. The second kappa shape index (κ2) is 9.48. The molecule has 1 aromatic rings. The molecule has 6 heteroatoms. The van der Waals surface area contributed by atoms with Crippen molar-refractivity contribution >= 4 is 36.4 Å². The van der Waals surface area contributed by atoms with E-state index in [1.807, 2.05) is 12.1 Å². The minimum Gasteiger partial charge on any atom is -0.326 e. The second-order valence-corrected chi connectivity index (χ2v) is 6.28. The lowest BCUT2D eigenvalue weighted by Crippen LogP contribution is -2.45. The fourth-order valence-electron chi connectivity index (χ4n) is 3.15. The van der Waals surface area contributed by atoms with Gasteiger partial charge in [0.05, 0.1) is 0 Å². The largest absolute Gasteiger partial charge is 0.326 e. The first-order valence-electron chi connectivity index (χ1n) is 8.04. The van der Waals surface area contributed by atoms with E-state index in [0.717, 1.165) is 37.8 Å².